The lowest BCUT2D eigenvalue weighted by Gasteiger charge is -2.17. The van der Waals surface area contributed by atoms with Crippen molar-refractivity contribution in [3.8, 4) is 11.5 Å². The van der Waals surface area contributed by atoms with E-state index < -0.39 is 0 Å². The minimum Gasteiger partial charge on any atom is -0.493 e. The van der Waals surface area contributed by atoms with Crippen molar-refractivity contribution in [2.45, 2.75) is 0 Å². The number of carbonyl (C=O) groups is 1. The molecule has 0 radical (unpaired) electrons. The maximum atomic E-state index is 12.4. The summed E-state index contributed by atoms with van der Waals surface area (Å²) in [6, 6.07) is 14.9. The minimum absolute atomic E-state index is 0.218. The third kappa shape index (κ3) is 4.14. The summed E-state index contributed by atoms with van der Waals surface area (Å²) in [5.41, 5.74) is 1.77. The van der Waals surface area contributed by atoms with E-state index in [9.17, 15) is 4.79 Å². The van der Waals surface area contributed by atoms with E-state index in [1.165, 1.54) is 13.3 Å². The summed E-state index contributed by atoms with van der Waals surface area (Å²) in [5, 5.41) is 2.77. The van der Waals surface area contributed by atoms with Gasteiger partial charge in [-0.25, -0.2) is 9.97 Å². The van der Waals surface area contributed by atoms with Crippen molar-refractivity contribution in [2.24, 2.45) is 0 Å². The zero-order valence-electron chi connectivity index (χ0n) is 15.3. The van der Waals surface area contributed by atoms with Crippen LogP contribution < -0.4 is 19.7 Å². The van der Waals surface area contributed by atoms with Gasteiger partial charge in [0.1, 0.15) is 5.69 Å². The lowest BCUT2D eigenvalue weighted by atomic mass is 10.2. The van der Waals surface area contributed by atoms with Crippen LogP contribution in [0.25, 0.3) is 0 Å². The van der Waals surface area contributed by atoms with Crippen LogP contribution in [0.1, 0.15) is 10.5 Å². The summed E-state index contributed by atoms with van der Waals surface area (Å²) >= 11 is 0. The molecule has 0 saturated heterocycles. The second-order valence-corrected chi connectivity index (χ2v) is 5.68. The van der Waals surface area contributed by atoms with Gasteiger partial charge in [-0.15, -0.1) is 0 Å². The Kier molecular flexibility index (Phi) is 5.51. The number of anilines is 3. The summed E-state index contributed by atoms with van der Waals surface area (Å²) in [7, 11) is 4.99. The molecule has 1 N–H and O–H groups in total. The summed E-state index contributed by atoms with van der Waals surface area (Å²) in [4.78, 5) is 22.9. The van der Waals surface area contributed by atoms with Gasteiger partial charge in [0.15, 0.2) is 17.3 Å². The van der Waals surface area contributed by atoms with Crippen LogP contribution in [0.4, 0.5) is 17.2 Å². The average Bonchev–Trinajstić information content (AvgIpc) is 2.73. The Morgan fingerprint density at radius 3 is 2.33 bits per heavy atom. The Morgan fingerprint density at radius 2 is 1.70 bits per heavy atom. The van der Waals surface area contributed by atoms with Crippen LogP contribution in [0, 0.1) is 0 Å². The highest BCUT2D eigenvalue weighted by molar-refractivity contribution is 6.02. The highest BCUT2D eigenvalue weighted by Crippen LogP contribution is 2.29. The molecule has 0 fully saturated rings. The Morgan fingerprint density at radius 1 is 0.963 bits per heavy atom. The van der Waals surface area contributed by atoms with Crippen molar-refractivity contribution >= 4 is 23.1 Å². The molecule has 0 unspecified atom stereocenters. The number of rotatable bonds is 6. The molecule has 0 aliphatic rings. The number of benzene rings is 2. The number of hydrogen-bond acceptors (Lipinski definition) is 6. The Balaban J connectivity index is 1.72. The Labute approximate surface area is 157 Å². The summed E-state index contributed by atoms with van der Waals surface area (Å²) in [6.07, 6.45) is 3.02. The Hall–Kier alpha value is -3.61. The monoisotopic (exact) mass is 364 g/mol. The molecule has 0 atom stereocenters. The molecule has 1 amide bonds. The molecule has 7 nitrogen and oxygen atoms in total. The highest BCUT2D eigenvalue weighted by atomic mass is 16.5. The van der Waals surface area contributed by atoms with Crippen LogP contribution in [0.5, 0.6) is 11.5 Å². The van der Waals surface area contributed by atoms with E-state index in [0.29, 0.717) is 23.0 Å². The molecule has 1 aromatic heterocycles. The first-order valence-corrected chi connectivity index (χ1v) is 8.26. The quantitative estimate of drug-likeness (QED) is 0.721. The van der Waals surface area contributed by atoms with E-state index in [4.69, 9.17) is 9.47 Å². The molecule has 0 aliphatic carbocycles. The maximum Gasteiger partial charge on any atom is 0.275 e. The molecule has 7 heteroatoms. The van der Waals surface area contributed by atoms with E-state index in [0.717, 1.165) is 5.69 Å². The van der Waals surface area contributed by atoms with Gasteiger partial charge in [-0.3, -0.25) is 4.79 Å². The van der Waals surface area contributed by atoms with Gasteiger partial charge in [0.25, 0.3) is 5.91 Å². The van der Waals surface area contributed by atoms with E-state index in [2.05, 4.69) is 15.3 Å². The minimum atomic E-state index is -0.358. The van der Waals surface area contributed by atoms with Gasteiger partial charge in [-0.05, 0) is 24.3 Å². The maximum absolute atomic E-state index is 12.4. The van der Waals surface area contributed by atoms with Gasteiger partial charge >= 0.3 is 0 Å². The molecule has 27 heavy (non-hydrogen) atoms. The van der Waals surface area contributed by atoms with E-state index in [-0.39, 0.29) is 11.6 Å². The van der Waals surface area contributed by atoms with E-state index in [1.54, 1.807) is 31.5 Å². The molecular formula is C20H20N4O3. The molecule has 0 saturated carbocycles. The summed E-state index contributed by atoms with van der Waals surface area (Å²) in [5.74, 6) is 1.40. The van der Waals surface area contributed by atoms with Crippen molar-refractivity contribution in [2.75, 3.05) is 31.5 Å². The topological polar surface area (TPSA) is 76.6 Å². The van der Waals surface area contributed by atoms with Crippen molar-refractivity contribution in [1.29, 1.82) is 0 Å². The lowest BCUT2D eigenvalue weighted by molar-refractivity contribution is 0.102. The van der Waals surface area contributed by atoms with Crippen molar-refractivity contribution in [1.82, 2.24) is 9.97 Å². The van der Waals surface area contributed by atoms with Gasteiger partial charge < -0.3 is 19.7 Å². The number of para-hydroxylation sites is 1. The third-order valence-electron chi connectivity index (χ3n) is 4.00. The van der Waals surface area contributed by atoms with Crippen LogP contribution in [0.3, 0.4) is 0 Å². The third-order valence-corrected chi connectivity index (χ3v) is 4.00. The fraction of sp³-hybridized carbons (Fsp3) is 0.150. The average molecular weight is 364 g/mol. The fourth-order valence-corrected chi connectivity index (χ4v) is 2.50. The predicted octanol–water partition coefficient (Wildman–Crippen LogP) is 3.51. The van der Waals surface area contributed by atoms with Crippen LogP contribution in [-0.4, -0.2) is 37.1 Å². The SMILES string of the molecule is COc1ccc(NC(=O)c2cnc(N(C)c3ccccc3)cn2)cc1OC. The molecule has 0 bridgehead atoms. The normalized spacial score (nSPS) is 10.2. The van der Waals surface area contributed by atoms with E-state index >= 15 is 0 Å². The second-order valence-electron chi connectivity index (χ2n) is 5.68. The second kappa shape index (κ2) is 8.18. The molecule has 1 heterocycles. The van der Waals surface area contributed by atoms with Crippen LogP contribution in [0.2, 0.25) is 0 Å². The van der Waals surface area contributed by atoms with Gasteiger partial charge in [-0.2, -0.15) is 0 Å². The van der Waals surface area contributed by atoms with Crippen molar-refractivity contribution in [3.63, 3.8) is 0 Å². The van der Waals surface area contributed by atoms with Crippen LogP contribution in [-0.2, 0) is 0 Å². The van der Waals surface area contributed by atoms with Crippen LogP contribution >= 0.6 is 0 Å². The molecule has 2 aromatic carbocycles. The predicted molar refractivity (Wildman–Crippen MR) is 104 cm³/mol. The smallest absolute Gasteiger partial charge is 0.275 e. The number of carbonyl (C=O) groups excluding carboxylic acids is 1. The first-order chi connectivity index (χ1) is 13.1. The molecule has 0 spiro atoms. The van der Waals surface area contributed by atoms with Gasteiger partial charge in [0.05, 0.1) is 26.6 Å². The number of ether oxygens (including phenoxy) is 2. The van der Waals surface area contributed by atoms with E-state index in [1.807, 2.05) is 42.3 Å². The summed E-state index contributed by atoms with van der Waals surface area (Å²) < 4.78 is 10.4. The van der Waals surface area contributed by atoms with Gasteiger partial charge in [0.2, 0.25) is 0 Å². The zero-order chi connectivity index (χ0) is 19.2. The van der Waals surface area contributed by atoms with Crippen molar-refractivity contribution in [3.05, 3.63) is 66.6 Å². The molecular weight excluding hydrogens is 344 g/mol. The number of hydrogen-bond donors (Lipinski definition) is 1. The Bertz CT molecular complexity index is 914. The zero-order valence-corrected chi connectivity index (χ0v) is 15.3. The largest absolute Gasteiger partial charge is 0.493 e. The molecule has 3 rings (SSSR count). The molecule has 0 aliphatic heterocycles. The van der Waals surface area contributed by atoms with Crippen molar-refractivity contribution < 1.29 is 14.3 Å². The lowest BCUT2D eigenvalue weighted by Crippen LogP contribution is -2.16. The molecule has 138 valence electrons. The fourth-order valence-electron chi connectivity index (χ4n) is 2.50. The molecule has 3 aromatic rings. The number of nitrogens with one attached hydrogen (secondary N) is 1. The number of amides is 1. The first kappa shape index (κ1) is 18.2. The number of nitrogens with zero attached hydrogens (tertiary/aromatic N) is 3. The number of aromatic nitrogens is 2. The number of methoxy groups -OCH3 is 2. The first-order valence-electron chi connectivity index (χ1n) is 8.26. The van der Waals surface area contributed by atoms with Gasteiger partial charge in [0, 0.05) is 24.5 Å². The highest BCUT2D eigenvalue weighted by Gasteiger charge is 2.12. The van der Waals surface area contributed by atoms with Gasteiger partial charge in [-0.1, -0.05) is 18.2 Å². The standard InChI is InChI=1S/C20H20N4O3/c1-24(15-7-5-4-6-8-15)19-13-21-16(12-22-19)20(25)23-14-9-10-17(26-2)18(11-14)27-3/h4-13H,1-3H3,(H,23,25). The van der Waals surface area contributed by atoms with Crippen LogP contribution in [0.15, 0.2) is 60.9 Å². The summed E-state index contributed by atoms with van der Waals surface area (Å²) in [6.45, 7) is 0.